The van der Waals surface area contributed by atoms with Gasteiger partial charge in [-0.15, -0.1) is 0 Å². The lowest BCUT2D eigenvalue weighted by atomic mass is 9.97. The van der Waals surface area contributed by atoms with E-state index in [4.69, 9.17) is 0 Å². The van der Waals surface area contributed by atoms with Gasteiger partial charge in [-0.25, -0.2) is 8.78 Å². The Bertz CT molecular complexity index is 357. The highest BCUT2D eigenvalue weighted by atomic mass is 19.1. The number of halogens is 2. The summed E-state index contributed by atoms with van der Waals surface area (Å²) in [4.78, 5) is 0. The third-order valence-corrected chi connectivity index (χ3v) is 3.29. The minimum absolute atomic E-state index is 0.147. The van der Waals surface area contributed by atoms with Gasteiger partial charge in [-0.05, 0) is 50.3 Å². The lowest BCUT2D eigenvalue weighted by Crippen LogP contribution is -2.32. The molecular formula is C16H25F2N. The van der Waals surface area contributed by atoms with Crippen molar-refractivity contribution >= 4 is 0 Å². The zero-order chi connectivity index (χ0) is 14.3. The molecule has 1 N–H and O–H groups in total. The van der Waals surface area contributed by atoms with Crippen molar-refractivity contribution in [1.82, 2.24) is 5.32 Å². The third-order valence-electron chi connectivity index (χ3n) is 3.29. The summed E-state index contributed by atoms with van der Waals surface area (Å²) in [5.74, 6) is -0.267. The van der Waals surface area contributed by atoms with Crippen LogP contribution in [0.5, 0.6) is 0 Å². The van der Waals surface area contributed by atoms with Crippen molar-refractivity contribution in [2.45, 2.75) is 52.5 Å². The van der Waals surface area contributed by atoms with Gasteiger partial charge < -0.3 is 5.32 Å². The zero-order valence-corrected chi connectivity index (χ0v) is 12.2. The van der Waals surface area contributed by atoms with Gasteiger partial charge in [-0.1, -0.05) is 26.8 Å². The van der Waals surface area contributed by atoms with Gasteiger partial charge in [0.2, 0.25) is 0 Å². The van der Waals surface area contributed by atoms with E-state index in [2.05, 4.69) is 26.1 Å². The Morgan fingerprint density at radius 3 is 2.26 bits per heavy atom. The molecule has 0 saturated heterocycles. The number of hydrogen-bond acceptors (Lipinski definition) is 1. The molecule has 0 aliphatic heterocycles. The van der Waals surface area contributed by atoms with Crippen LogP contribution in [0.3, 0.4) is 0 Å². The molecule has 0 heterocycles. The maximum Gasteiger partial charge on any atom is 0.129 e. The summed E-state index contributed by atoms with van der Waals surface area (Å²) >= 11 is 0. The summed E-state index contributed by atoms with van der Waals surface area (Å²) in [6, 6.07) is 4.22. The van der Waals surface area contributed by atoms with Crippen LogP contribution in [0, 0.1) is 17.6 Å². The van der Waals surface area contributed by atoms with Gasteiger partial charge in [-0.3, -0.25) is 0 Å². The summed E-state index contributed by atoms with van der Waals surface area (Å²) < 4.78 is 27.3. The molecule has 1 aromatic rings. The quantitative estimate of drug-likeness (QED) is 0.741. The summed E-state index contributed by atoms with van der Waals surface area (Å²) in [5.41, 5.74) is 0.208. The Kier molecular flexibility index (Phi) is 7.00. The maximum atomic E-state index is 13.7. The maximum absolute atomic E-state index is 13.7. The molecule has 0 bridgehead atoms. The fourth-order valence-electron chi connectivity index (χ4n) is 2.13. The molecule has 19 heavy (non-hydrogen) atoms. The van der Waals surface area contributed by atoms with E-state index >= 15 is 0 Å². The average molecular weight is 269 g/mol. The van der Waals surface area contributed by atoms with Crippen molar-refractivity contribution < 1.29 is 8.78 Å². The van der Waals surface area contributed by atoms with Crippen molar-refractivity contribution in [1.29, 1.82) is 0 Å². The number of hydrogen-bond donors (Lipinski definition) is 1. The smallest absolute Gasteiger partial charge is 0.129 e. The van der Waals surface area contributed by atoms with Crippen LogP contribution in [-0.2, 0) is 6.42 Å². The van der Waals surface area contributed by atoms with E-state index in [0.29, 0.717) is 12.3 Å². The van der Waals surface area contributed by atoms with Crippen LogP contribution in [0.1, 0.15) is 45.6 Å². The minimum Gasteiger partial charge on any atom is -0.314 e. The van der Waals surface area contributed by atoms with Crippen molar-refractivity contribution in [2.75, 3.05) is 6.54 Å². The second kappa shape index (κ2) is 8.26. The molecule has 0 saturated carbocycles. The molecule has 1 nitrogen and oxygen atoms in total. The first-order valence-corrected chi connectivity index (χ1v) is 7.20. The SMILES string of the molecule is CCCNC(CCC(C)C)Cc1c(F)cccc1F. The predicted molar refractivity (Wildman–Crippen MR) is 76.2 cm³/mol. The zero-order valence-electron chi connectivity index (χ0n) is 12.2. The lowest BCUT2D eigenvalue weighted by molar-refractivity contribution is 0.415. The molecule has 1 aromatic carbocycles. The van der Waals surface area contributed by atoms with Gasteiger partial charge in [0, 0.05) is 11.6 Å². The highest BCUT2D eigenvalue weighted by Crippen LogP contribution is 2.17. The van der Waals surface area contributed by atoms with Crippen molar-refractivity contribution in [3.8, 4) is 0 Å². The standard InChI is InChI=1S/C16H25F2N/c1-4-10-19-13(9-8-12(2)3)11-14-15(17)6-5-7-16(14)18/h5-7,12-13,19H,4,8-11H2,1-3H3. The van der Waals surface area contributed by atoms with E-state index in [0.717, 1.165) is 25.8 Å². The second-order valence-electron chi connectivity index (χ2n) is 5.53. The number of benzene rings is 1. The Labute approximate surface area is 115 Å². The highest BCUT2D eigenvalue weighted by Gasteiger charge is 2.15. The Balaban J connectivity index is 2.69. The average Bonchev–Trinajstić information content (AvgIpc) is 2.36. The van der Waals surface area contributed by atoms with Crippen LogP contribution < -0.4 is 5.32 Å². The molecule has 3 heteroatoms. The minimum atomic E-state index is -0.437. The van der Waals surface area contributed by atoms with Crippen molar-refractivity contribution in [2.24, 2.45) is 5.92 Å². The van der Waals surface area contributed by atoms with E-state index in [9.17, 15) is 8.78 Å². The van der Waals surface area contributed by atoms with Crippen LogP contribution in [0.2, 0.25) is 0 Å². The van der Waals surface area contributed by atoms with Crippen LogP contribution in [0.25, 0.3) is 0 Å². The highest BCUT2D eigenvalue weighted by molar-refractivity contribution is 5.20. The monoisotopic (exact) mass is 269 g/mol. The third kappa shape index (κ3) is 5.68. The normalized spacial score (nSPS) is 12.9. The van der Waals surface area contributed by atoms with E-state index in [1.165, 1.54) is 18.2 Å². The molecular weight excluding hydrogens is 244 g/mol. The second-order valence-corrected chi connectivity index (χ2v) is 5.53. The van der Waals surface area contributed by atoms with Gasteiger partial charge in [-0.2, -0.15) is 0 Å². The molecule has 0 radical (unpaired) electrons. The summed E-state index contributed by atoms with van der Waals surface area (Å²) in [6.07, 6.45) is 3.46. The first-order chi connectivity index (χ1) is 9.04. The molecule has 0 aliphatic rings. The number of nitrogens with one attached hydrogen (secondary N) is 1. The van der Waals surface area contributed by atoms with Gasteiger partial charge in [0.15, 0.2) is 0 Å². The predicted octanol–water partition coefficient (Wildman–Crippen LogP) is 4.31. The summed E-state index contributed by atoms with van der Waals surface area (Å²) in [6.45, 7) is 7.32. The Morgan fingerprint density at radius 2 is 1.74 bits per heavy atom. The van der Waals surface area contributed by atoms with E-state index in [-0.39, 0.29) is 11.6 Å². The summed E-state index contributed by atoms with van der Waals surface area (Å²) in [5, 5.41) is 3.39. The molecule has 1 atom stereocenters. The van der Waals surface area contributed by atoms with Crippen molar-refractivity contribution in [3.05, 3.63) is 35.4 Å². The van der Waals surface area contributed by atoms with Crippen LogP contribution in [0.15, 0.2) is 18.2 Å². The van der Waals surface area contributed by atoms with Gasteiger partial charge in [0.05, 0.1) is 0 Å². The first-order valence-electron chi connectivity index (χ1n) is 7.20. The van der Waals surface area contributed by atoms with Crippen LogP contribution >= 0.6 is 0 Å². The first kappa shape index (κ1) is 16.1. The van der Waals surface area contributed by atoms with E-state index < -0.39 is 11.6 Å². The molecule has 1 unspecified atom stereocenters. The molecule has 1 rings (SSSR count). The van der Waals surface area contributed by atoms with Crippen molar-refractivity contribution in [3.63, 3.8) is 0 Å². The Hall–Kier alpha value is -0.960. The number of rotatable bonds is 8. The fourth-order valence-corrected chi connectivity index (χ4v) is 2.13. The topological polar surface area (TPSA) is 12.0 Å². The van der Waals surface area contributed by atoms with Gasteiger partial charge >= 0.3 is 0 Å². The van der Waals surface area contributed by atoms with Gasteiger partial charge in [0.25, 0.3) is 0 Å². The van der Waals surface area contributed by atoms with E-state index in [1.807, 2.05) is 0 Å². The lowest BCUT2D eigenvalue weighted by Gasteiger charge is -2.20. The Morgan fingerprint density at radius 1 is 1.11 bits per heavy atom. The molecule has 108 valence electrons. The van der Waals surface area contributed by atoms with Crippen LogP contribution in [0.4, 0.5) is 8.78 Å². The molecule has 0 fully saturated rings. The molecule has 0 aromatic heterocycles. The molecule has 0 aliphatic carbocycles. The van der Waals surface area contributed by atoms with Gasteiger partial charge in [0.1, 0.15) is 11.6 Å². The molecule has 0 spiro atoms. The largest absolute Gasteiger partial charge is 0.314 e. The fraction of sp³-hybridized carbons (Fsp3) is 0.625. The van der Waals surface area contributed by atoms with E-state index in [1.54, 1.807) is 0 Å². The summed E-state index contributed by atoms with van der Waals surface area (Å²) in [7, 11) is 0. The molecule has 0 amide bonds. The van der Waals surface area contributed by atoms with Crippen LogP contribution in [-0.4, -0.2) is 12.6 Å².